The number of rotatable bonds is 6. The number of para-hydroxylation sites is 2. The Labute approximate surface area is 142 Å². The van der Waals surface area contributed by atoms with Gasteiger partial charge in [-0.3, -0.25) is 4.90 Å². The number of H-pyrrole nitrogens is 2. The normalized spacial score (nSPS) is 16.1. The van der Waals surface area contributed by atoms with Crippen LogP contribution in [0.1, 0.15) is 18.5 Å². The summed E-state index contributed by atoms with van der Waals surface area (Å²) in [5.74, 6) is 1.02. The van der Waals surface area contributed by atoms with Crippen LogP contribution in [0.25, 0.3) is 11.0 Å². The molecule has 0 bridgehead atoms. The zero-order valence-electron chi connectivity index (χ0n) is 14.0. The van der Waals surface area contributed by atoms with Crippen LogP contribution in [-0.4, -0.2) is 52.6 Å². The van der Waals surface area contributed by atoms with E-state index in [9.17, 15) is 0 Å². The number of imidazole rings is 1. The largest absolute Gasteiger partial charge is 0.365 e. The van der Waals surface area contributed by atoms with Crippen LogP contribution in [0, 0.1) is 0 Å². The predicted octanol–water partition coefficient (Wildman–Crippen LogP) is 3.04. The van der Waals surface area contributed by atoms with Gasteiger partial charge in [0.1, 0.15) is 0 Å². The SMILES string of the molecule is c1c[nH]c(CCCCN2CCN(c3nc4ccccc4[nH]3)CC2)c1. The van der Waals surface area contributed by atoms with Crippen LogP contribution in [0.3, 0.4) is 0 Å². The summed E-state index contributed by atoms with van der Waals surface area (Å²) in [6, 6.07) is 12.5. The number of hydrogen-bond donors (Lipinski definition) is 2. The number of aryl methyl sites for hydroxylation is 1. The van der Waals surface area contributed by atoms with Crippen molar-refractivity contribution in [1.82, 2.24) is 19.9 Å². The highest BCUT2D eigenvalue weighted by Gasteiger charge is 2.19. The molecule has 1 saturated heterocycles. The Balaban J connectivity index is 1.23. The number of piperazine rings is 1. The first kappa shape index (κ1) is 15.3. The van der Waals surface area contributed by atoms with Crippen molar-refractivity contribution in [3.63, 3.8) is 0 Å². The van der Waals surface area contributed by atoms with Crippen molar-refractivity contribution in [2.75, 3.05) is 37.6 Å². The first-order chi connectivity index (χ1) is 11.9. The fourth-order valence-corrected chi connectivity index (χ4v) is 3.45. The van der Waals surface area contributed by atoms with E-state index in [1.807, 2.05) is 12.3 Å². The van der Waals surface area contributed by atoms with E-state index in [0.717, 1.165) is 49.6 Å². The molecular weight excluding hydrogens is 298 g/mol. The van der Waals surface area contributed by atoms with Crippen LogP contribution < -0.4 is 4.90 Å². The monoisotopic (exact) mass is 323 g/mol. The van der Waals surface area contributed by atoms with Crippen molar-refractivity contribution in [1.29, 1.82) is 0 Å². The number of aromatic amines is 2. The van der Waals surface area contributed by atoms with E-state index in [-0.39, 0.29) is 0 Å². The lowest BCUT2D eigenvalue weighted by Gasteiger charge is -2.34. The van der Waals surface area contributed by atoms with Gasteiger partial charge in [0, 0.05) is 38.1 Å². The molecule has 5 nitrogen and oxygen atoms in total. The number of nitrogens with one attached hydrogen (secondary N) is 2. The smallest absolute Gasteiger partial charge is 0.203 e. The van der Waals surface area contributed by atoms with Crippen molar-refractivity contribution >= 4 is 17.0 Å². The Morgan fingerprint density at radius 3 is 2.62 bits per heavy atom. The number of hydrogen-bond acceptors (Lipinski definition) is 3. The van der Waals surface area contributed by atoms with Gasteiger partial charge in [-0.15, -0.1) is 0 Å². The summed E-state index contributed by atoms with van der Waals surface area (Å²) in [6.07, 6.45) is 5.69. The number of benzene rings is 1. The van der Waals surface area contributed by atoms with Crippen LogP contribution >= 0.6 is 0 Å². The second-order valence-corrected chi connectivity index (χ2v) is 6.56. The average molecular weight is 323 g/mol. The van der Waals surface area contributed by atoms with Crippen LogP contribution in [0.2, 0.25) is 0 Å². The summed E-state index contributed by atoms with van der Waals surface area (Å²) in [6.45, 7) is 5.56. The van der Waals surface area contributed by atoms with Crippen LogP contribution in [-0.2, 0) is 6.42 Å². The molecule has 0 spiro atoms. The van der Waals surface area contributed by atoms with E-state index in [1.54, 1.807) is 0 Å². The molecule has 3 heterocycles. The maximum atomic E-state index is 4.71. The van der Waals surface area contributed by atoms with Crippen molar-refractivity contribution in [2.24, 2.45) is 0 Å². The van der Waals surface area contributed by atoms with Crippen LogP contribution in [0.15, 0.2) is 42.6 Å². The molecule has 1 aliphatic heterocycles. The Morgan fingerprint density at radius 1 is 0.958 bits per heavy atom. The van der Waals surface area contributed by atoms with Gasteiger partial charge < -0.3 is 14.9 Å². The molecule has 2 N–H and O–H groups in total. The molecular formula is C19H25N5. The van der Waals surface area contributed by atoms with Gasteiger partial charge in [0.05, 0.1) is 11.0 Å². The molecule has 126 valence electrons. The van der Waals surface area contributed by atoms with Gasteiger partial charge >= 0.3 is 0 Å². The highest BCUT2D eigenvalue weighted by molar-refractivity contribution is 5.77. The molecule has 0 amide bonds. The third-order valence-electron chi connectivity index (χ3n) is 4.88. The lowest BCUT2D eigenvalue weighted by atomic mass is 10.2. The second kappa shape index (κ2) is 7.09. The lowest BCUT2D eigenvalue weighted by Crippen LogP contribution is -2.47. The molecule has 24 heavy (non-hydrogen) atoms. The van der Waals surface area contributed by atoms with Gasteiger partial charge in [0.2, 0.25) is 5.95 Å². The van der Waals surface area contributed by atoms with E-state index in [2.05, 4.69) is 50.1 Å². The Kier molecular flexibility index (Phi) is 4.51. The maximum Gasteiger partial charge on any atom is 0.203 e. The third-order valence-corrected chi connectivity index (χ3v) is 4.88. The first-order valence-electron chi connectivity index (χ1n) is 8.93. The Morgan fingerprint density at radius 2 is 1.83 bits per heavy atom. The quantitative estimate of drug-likeness (QED) is 0.686. The molecule has 4 rings (SSSR count). The van der Waals surface area contributed by atoms with Gasteiger partial charge in [0.15, 0.2) is 0 Å². The zero-order chi connectivity index (χ0) is 16.2. The molecule has 3 aromatic rings. The van der Waals surface area contributed by atoms with Crippen LogP contribution in [0.4, 0.5) is 5.95 Å². The number of unbranched alkanes of at least 4 members (excludes halogenated alkanes) is 1. The molecule has 0 aliphatic carbocycles. The number of nitrogens with zero attached hydrogens (tertiary/aromatic N) is 3. The van der Waals surface area contributed by atoms with Crippen molar-refractivity contribution < 1.29 is 0 Å². The Hall–Kier alpha value is -2.27. The van der Waals surface area contributed by atoms with Crippen molar-refractivity contribution in [3.8, 4) is 0 Å². The molecule has 0 atom stereocenters. The van der Waals surface area contributed by atoms with Gasteiger partial charge in [-0.25, -0.2) is 4.98 Å². The van der Waals surface area contributed by atoms with Gasteiger partial charge in [0.25, 0.3) is 0 Å². The maximum absolute atomic E-state index is 4.71. The number of anilines is 1. The van der Waals surface area contributed by atoms with E-state index in [1.165, 1.54) is 25.1 Å². The summed E-state index contributed by atoms with van der Waals surface area (Å²) in [5, 5.41) is 0. The summed E-state index contributed by atoms with van der Waals surface area (Å²) in [4.78, 5) is 16.4. The molecule has 0 radical (unpaired) electrons. The topological polar surface area (TPSA) is 51.0 Å². The first-order valence-corrected chi connectivity index (χ1v) is 8.93. The molecule has 5 heteroatoms. The van der Waals surface area contributed by atoms with E-state index in [4.69, 9.17) is 4.98 Å². The average Bonchev–Trinajstić information content (AvgIpc) is 3.28. The van der Waals surface area contributed by atoms with Crippen LogP contribution in [0.5, 0.6) is 0 Å². The summed E-state index contributed by atoms with van der Waals surface area (Å²) >= 11 is 0. The van der Waals surface area contributed by atoms with E-state index in [0.29, 0.717) is 0 Å². The van der Waals surface area contributed by atoms with Gasteiger partial charge in [-0.1, -0.05) is 12.1 Å². The minimum absolute atomic E-state index is 1.02. The molecule has 1 aliphatic rings. The summed E-state index contributed by atoms with van der Waals surface area (Å²) in [7, 11) is 0. The van der Waals surface area contributed by atoms with E-state index >= 15 is 0 Å². The lowest BCUT2D eigenvalue weighted by molar-refractivity contribution is 0.252. The van der Waals surface area contributed by atoms with Gasteiger partial charge in [-0.05, 0) is 50.1 Å². The molecule has 0 saturated carbocycles. The molecule has 2 aromatic heterocycles. The van der Waals surface area contributed by atoms with Crippen molar-refractivity contribution in [2.45, 2.75) is 19.3 Å². The Bertz CT molecular complexity index is 720. The summed E-state index contributed by atoms with van der Waals surface area (Å²) < 4.78 is 0. The molecule has 0 unspecified atom stereocenters. The van der Waals surface area contributed by atoms with Crippen molar-refractivity contribution in [3.05, 3.63) is 48.3 Å². The fraction of sp³-hybridized carbons (Fsp3) is 0.421. The minimum Gasteiger partial charge on any atom is -0.365 e. The third kappa shape index (κ3) is 3.46. The standard InChI is InChI=1S/C19H25N5/c1-2-9-18-17(8-1)21-19(22-18)24-14-12-23(13-15-24)11-4-3-6-16-7-5-10-20-16/h1-2,5,7-10,20H,3-4,6,11-15H2,(H,21,22). The fourth-order valence-electron chi connectivity index (χ4n) is 3.45. The minimum atomic E-state index is 1.02. The highest BCUT2D eigenvalue weighted by Crippen LogP contribution is 2.18. The second-order valence-electron chi connectivity index (χ2n) is 6.56. The van der Waals surface area contributed by atoms with Gasteiger partial charge in [-0.2, -0.15) is 0 Å². The predicted molar refractivity (Wildman–Crippen MR) is 98.5 cm³/mol. The zero-order valence-corrected chi connectivity index (χ0v) is 14.0. The summed E-state index contributed by atoms with van der Waals surface area (Å²) in [5.41, 5.74) is 3.53. The van der Waals surface area contributed by atoms with E-state index < -0.39 is 0 Å². The molecule has 1 fully saturated rings. The molecule has 1 aromatic carbocycles. The number of aromatic nitrogens is 3. The highest BCUT2D eigenvalue weighted by atomic mass is 15.3. The number of fused-ring (bicyclic) bond motifs is 1.